The van der Waals surface area contributed by atoms with E-state index < -0.39 is 0 Å². The molecule has 3 heteroatoms. The third kappa shape index (κ3) is 1.98. The SMILES string of the molecule is NCc1ccc(OC2CC2)cc1F. The van der Waals surface area contributed by atoms with Crippen LogP contribution in [0.1, 0.15) is 18.4 Å². The van der Waals surface area contributed by atoms with E-state index in [1.807, 2.05) is 0 Å². The van der Waals surface area contributed by atoms with E-state index in [9.17, 15) is 4.39 Å². The average molecular weight is 181 g/mol. The molecule has 2 rings (SSSR count). The van der Waals surface area contributed by atoms with Crippen molar-refractivity contribution in [1.29, 1.82) is 0 Å². The van der Waals surface area contributed by atoms with Gasteiger partial charge in [-0.2, -0.15) is 0 Å². The maximum absolute atomic E-state index is 13.2. The van der Waals surface area contributed by atoms with Crippen molar-refractivity contribution >= 4 is 0 Å². The second-order valence-electron chi connectivity index (χ2n) is 3.27. The van der Waals surface area contributed by atoms with Gasteiger partial charge in [-0.3, -0.25) is 0 Å². The van der Waals surface area contributed by atoms with Gasteiger partial charge in [-0.25, -0.2) is 4.39 Å². The highest BCUT2D eigenvalue weighted by molar-refractivity contribution is 5.29. The van der Waals surface area contributed by atoms with Crippen molar-refractivity contribution in [2.45, 2.75) is 25.5 Å². The summed E-state index contributed by atoms with van der Waals surface area (Å²) in [6.45, 7) is 0.232. The van der Waals surface area contributed by atoms with E-state index in [1.54, 1.807) is 12.1 Å². The first-order chi connectivity index (χ1) is 6.29. The molecule has 70 valence electrons. The smallest absolute Gasteiger partial charge is 0.131 e. The fourth-order valence-corrected chi connectivity index (χ4v) is 1.15. The van der Waals surface area contributed by atoms with Gasteiger partial charge in [-0.15, -0.1) is 0 Å². The van der Waals surface area contributed by atoms with Crippen molar-refractivity contribution in [2.75, 3.05) is 0 Å². The van der Waals surface area contributed by atoms with Gasteiger partial charge >= 0.3 is 0 Å². The Morgan fingerprint density at radius 3 is 2.77 bits per heavy atom. The van der Waals surface area contributed by atoms with Crippen LogP contribution in [0.3, 0.4) is 0 Å². The second-order valence-corrected chi connectivity index (χ2v) is 3.27. The van der Waals surface area contributed by atoms with Crippen molar-refractivity contribution in [3.8, 4) is 5.75 Å². The van der Waals surface area contributed by atoms with E-state index in [0.717, 1.165) is 12.8 Å². The van der Waals surface area contributed by atoms with E-state index in [-0.39, 0.29) is 12.4 Å². The number of halogens is 1. The molecule has 1 saturated carbocycles. The zero-order chi connectivity index (χ0) is 9.26. The fourth-order valence-electron chi connectivity index (χ4n) is 1.15. The lowest BCUT2D eigenvalue weighted by molar-refractivity contribution is 0.301. The zero-order valence-corrected chi connectivity index (χ0v) is 7.29. The summed E-state index contributed by atoms with van der Waals surface area (Å²) in [6, 6.07) is 4.84. The highest BCUT2D eigenvalue weighted by Gasteiger charge is 2.23. The molecule has 1 aromatic rings. The van der Waals surface area contributed by atoms with Gasteiger partial charge in [0.05, 0.1) is 6.10 Å². The van der Waals surface area contributed by atoms with Crippen LogP contribution in [0.25, 0.3) is 0 Å². The second kappa shape index (κ2) is 3.34. The van der Waals surface area contributed by atoms with Gasteiger partial charge < -0.3 is 10.5 Å². The molecule has 0 saturated heterocycles. The molecular formula is C10H12FNO. The quantitative estimate of drug-likeness (QED) is 0.772. The molecule has 0 bridgehead atoms. The van der Waals surface area contributed by atoms with E-state index in [1.165, 1.54) is 6.07 Å². The Balaban J connectivity index is 2.13. The Bertz CT molecular complexity index is 310. The Morgan fingerprint density at radius 2 is 2.23 bits per heavy atom. The number of rotatable bonds is 3. The molecule has 0 unspecified atom stereocenters. The molecule has 0 radical (unpaired) electrons. The van der Waals surface area contributed by atoms with E-state index >= 15 is 0 Å². The lowest BCUT2D eigenvalue weighted by atomic mass is 10.2. The monoisotopic (exact) mass is 181 g/mol. The summed E-state index contributed by atoms with van der Waals surface area (Å²) in [7, 11) is 0. The molecule has 0 aliphatic heterocycles. The number of hydrogen-bond donors (Lipinski definition) is 1. The molecule has 1 fully saturated rings. The van der Waals surface area contributed by atoms with E-state index in [2.05, 4.69) is 0 Å². The van der Waals surface area contributed by atoms with Gasteiger partial charge in [0.25, 0.3) is 0 Å². The number of nitrogens with two attached hydrogens (primary N) is 1. The Hall–Kier alpha value is -1.09. The molecular weight excluding hydrogens is 169 g/mol. The minimum atomic E-state index is -0.277. The molecule has 1 aliphatic rings. The summed E-state index contributed by atoms with van der Waals surface area (Å²) >= 11 is 0. The minimum absolute atomic E-state index is 0.232. The predicted molar refractivity (Wildman–Crippen MR) is 47.9 cm³/mol. The maximum Gasteiger partial charge on any atom is 0.131 e. The van der Waals surface area contributed by atoms with Crippen molar-refractivity contribution < 1.29 is 9.13 Å². The van der Waals surface area contributed by atoms with Crippen LogP contribution in [0, 0.1) is 5.82 Å². The molecule has 0 spiro atoms. The Labute approximate surface area is 76.5 Å². The van der Waals surface area contributed by atoms with E-state index in [0.29, 0.717) is 17.4 Å². The number of ether oxygens (including phenoxy) is 1. The predicted octanol–water partition coefficient (Wildman–Crippen LogP) is 1.83. The highest BCUT2D eigenvalue weighted by Crippen LogP contribution is 2.27. The largest absolute Gasteiger partial charge is 0.490 e. The Morgan fingerprint density at radius 1 is 1.46 bits per heavy atom. The topological polar surface area (TPSA) is 35.2 Å². The van der Waals surface area contributed by atoms with Crippen LogP contribution in [0.4, 0.5) is 4.39 Å². The van der Waals surface area contributed by atoms with Gasteiger partial charge in [0.15, 0.2) is 0 Å². The molecule has 2 nitrogen and oxygen atoms in total. The van der Waals surface area contributed by atoms with Crippen LogP contribution in [-0.2, 0) is 6.54 Å². The minimum Gasteiger partial charge on any atom is -0.490 e. The van der Waals surface area contributed by atoms with Crippen LogP contribution < -0.4 is 10.5 Å². The van der Waals surface area contributed by atoms with Gasteiger partial charge in [0.1, 0.15) is 11.6 Å². The highest BCUT2D eigenvalue weighted by atomic mass is 19.1. The van der Waals surface area contributed by atoms with E-state index in [4.69, 9.17) is 10.5 Å². The van der Waals surface area contributed by atoms with Gasteiger partial charge in [-0.05, 0) is 18.9 Å². The number of benzene rings is 1. The Kier molecular flexibility index (Phi) is 2.19. The lowest BCUT2D eigenvalue weighted by Crippen LogP contribution is -2.01. The summed E-state index contributed by atoms with van der Waals surface area (Å²) in [5, 5.41) is 0. The molecule has 0 atom stereocenters. The van der Waals surface area contributed by atoms with Crippen LogP contribution in [0.15, 0.2) is 18.2 Å². The van der Waals surface area contributed by atoms with Crippen molar-refractivity contribution in [3.05, 3.63) is 29.6 Å². The van der Waals surface area contributed by atoms with Crippen LogP contribution in [0.5, 0.6) is 5.75 Å². The standard InChI is InChI=1S/C10H12FNO/c11-10-5-9(13-8-3-4-8)2-1-7(10)6-12/h1-2,5,8H,3-4,6,12H2. The first-order valence-corrected chi connectivity index (χ1v) is 4.45. The molecule has 1 aromatic carbocycles. The van der Waals surface area contributed by atoms with Crippen LogP contribution in [0.2, 0.25) is 0 Å². The van der Waals surface area contributed by atoms with Crippen molar-refractivity contribution in [1.82, 2.24) is 0 Å². The summed E-state index contributed by atoms with van der Waals surface area (Å²) < 4.78 is 18.6. The van der Waals surface area contributed by atoms with Crippen LogP contribution >= 0.6 is 0 Å². The van der Waals surface area contributed by atoms with Crippen LogP contribution in [-0.4, -0.2) is 6.10 Å². The normalized spacial score (nSPS) is 15.8. The van der Waals surface area contributed by atoms with Crippen molar-refractivity contribution in [3.63, 3.8) is 0 Å². The summed E-state index contributed by atoms with van der Waals surface area (Å²) in [5.41, 5.74) is 5.86. The van der Waals surface area contributed by atoms with Gasteiger partial charge in [0.2, 0.25) is 0 Å². The fraction of sp³-hybridized carbons (Fsp3) is 0.400. The first kappa shape index (κ1) is 8.51. The lowest BCUT2D eigenvalue weighted by Gasteiger charge is -2.05. The summed E-state index contributed by atoms with van der Waals surface area (Å²) in [4.78, 5) is 0. The molecule has 2 N–H and O–H groups in total. The summed E-state index contributed by atoms with van der Waals surface area (Å²) in [6.07, 6.45) is 2.48. The molecule has 0 amide bonds. The van der Waals surface area contributed by atoms with Gasteiger partial charge in [0, 0.05) is 18.2 Å². The molecule has 0 aromatic heterocycles. The average Bonchev–Trinajstić information content (AvgIpc) is 2.89. The molecule has 1 aliphatic carbocycles. The number of hydrogen-bond acceptors (Lipinski definition) is 2. The third-order valence-corrected chi connectivity index (χ3v) is 2.07. The molecule has 13 heavy (non-hydrogen) atoms. The maximum atomic E-state index is 13.2. The zero-order valence-electron chi connectivity index (χ0n) is 7.29. The first-order valence-electron chi connectivity index (χ1n) is 4.45. The van der Waals surface area contributed by atoms with Crippen molar-refractivity contribution in [2.24, 2.45) is 5.73 Å². The summed E-state index contributed by atoms with van der Waals surface area (Å²) in [5.74, 6) is 0.331. The van der Waals surface area contributed by atoms with Gasteiger partial charge in [-0.1, -0.05) is 6.07 Å². The third-order valence-electron chi connectivity index (χ3n) is 2.07. The molecule has 0 heterocycles.